The molecule has 5 aliphatic rings. The average Bonchev–Trinajstić information content (AvgIpc) is 3.09. The van der Waals surface area contributed by atoms with Crippen LogP contribution in [0.2, 0.25) is 0 Å². The number of ketones is 1. The highest BCUT2D eigenvalue weighted by molar-refractivity contribution is 5.95. The molecule has 7 atom stereocenters. The average molecular weight is 439 g/mol. The molecule has 0 aromatic rings. The summed E-state index contributed by atoms with van der Waals surface area (Å²) in [5.74, 6) is 2.68. The van der Waals surface area contributed by atoms with Gasteiger partial charge in [-0.25, -0.2) is 0 Å². The van der Waals surface area contributed by atoms with Crippen LogP contribution in [0.15, 0.2) is 22.8 Å². The minimum Gasteiger partial charge on any atom is -0.469 e. The SMILES string of the molecule is COC(=O)[C@@]1(C)CC[C@H]2C3=CC(=O)C4[C@@H](CCC5=C(C(C)C)CC[C@@]54C)[C@@H]3CC[C@@]2(C)C1. The van der Waals surface area contributed by atoms with Crippen LogP contribution in [0.3, 0.4) is 0 Å². The molecule has 5 aliphatic carbocycles. The third kappa shape index (κ3) is 2.98. The summed E-state index contributed by atoms with van der Waals surface area (Å²) < 4.78 is 5.18. The van der Waals surface area contributed by atoms with Crippen molar-refractivity contribution in [2.24, 2.45) is 45.8 Å². The summed E-state index contributed by atoms with van der Waals surface area (Å²) in [7, 11) is 1.52. The zero-order valence-corrected chi connectivity index (χ0v) is 21.1. The van der Waals surface area contributed by atoms with Crippen LogP contribution in [-0.4, -0.2) is 18.9 Å². The number of allylic oxidation sites excluding steroid dienone is 4. The van der Waals surface area contributed by atoms with Crippen molar-refractivity contribution in [2.45, 2.75) is 92.4 Å². The molecule has 32 heavy (non-hydrogen) atoms. The van der Waals surface area contributed by atoms with Gasteiger partial charge in [-0.05, 0) is 105 Å². The summed E-state index contributed by atoms with van der Waals surface area (Å²) in [5, 5.41) is 0. The molecule has 5 rings (SSSR count). The summed E-state index contributed by atoms with van der Waals surface area (Å²) in [5.41, 5.74) is 4.54. The Bertz CT molecular complexity index is 909. The van der Waals surface area contributed by atoms with Crippen LogP contribution in [0, 0.1) is 45.8 Å². The first-order chi connectivity index (χ1) is 15.0. The van der Waals surface area contributed by atoms with Crippen LogP contribution in [-0.2, 0) is 14.3 Å². The normalized spacial score (nSPS) is 45.6. The number of hydrogen-bond acceptors (Lipinski definition) is 3. The van der Waals surface area contributed by atoms with E-state index in [4.69, 9.17) is 4.74 Å². The lowest BCUT2D eigenvalue weighted by Crippen LogP contribution is -2.53. The van der Waals surface area contributed by atoms with Crippen molar-refractivity contribution in [3.05, 3.63) is 22.8 Å². The monoisotopic (exact) mass is 438 g/mol. The van der Waals surface area contributed by atoms with Crippen molar-refractivity contribution in [1.29, 1.82) is 0 Å². The lowest BCUT2D eigenvalue weighted by molar-refractivity contribution is -0.159. The second-order valence-electron chi connectivity index (χ2n) is 12.9. The zero-order chi connectivity index (χ0) is 23.1. The minimum absolute atomic E-state index is 0.0604. The first-order valence-electron chi connectivity index (χ1n) is 13.1. The molecule has 3 nitrogen and oxygen atoms in total. The first kappa shape index (κ1) is 22.4. The van der Waals surface area contributed by atoms with E-state index in [-0.39, 0.29) is 28.1 Å². The molecule has 0 bridgehead atoms. The van der Waals surface area contributed by atoms with Crippen molar-refractivity contribution < 1.29 is 14.3 Å². The van der Waals surface area contributed by atoms with Crippen molar-refractivity contribution in [3.8, 4) is 0 Å². The van der Waals surface area contributed by atoms with E-state index in [1.807, 2.05) is 0 Å². The number of carbonyl (C=O) groups is 2. The smallest absolute Gasteiger partial charge is 0.311 e. The highest BCUT2D eigenvalue weighted by Gasteiger charge is 2.59. The molecule has 0 aromatic heterocycles. The van der Waals surface area contributed by atoms with Gasteiger partial charge < -0.3 is 4.74 Å². The Balaban J connectivity index is 1.48. The fourth-order valence-corrected chi connectivity index (χ4v) is 9.40. The van der Waals surface area contributed by atoms with Gasteiger partial charge in [0.25, 0.3) is 0 Å². The summed E-state index contributed by atoms with van der Waals surface area (Å²) in [4.78, 5) is 26.3. The Labute approximate surface area is 194 Å². The van der Waals surface area contributed by atoms with Gasteiger partial charge in [0.1, 0.15) is 0 Å². The summed E-state index contributed by atoms with van der Waals surface area (Å²) in [6.07, 6.45) is 12.0. The fraction of sp³-hybridized carbons (Fsp3) is 0.793. The van der Waals surface area contributed by atoms with E-state index in [1.165, 1.54) is 44.8 Å². The van der Waals surface area contributed by atoms with E-state index in [1.54, 1.807) is 11.1 Å². The van der Waals surface area contributed by atoms with Gasteiger partial charge in [-0.3, -0.25) is 9.59 Å². The Hall–Kier alpha value is -1.38. The molecule has 1 unspecified atom stereocenters. The molecular weight excluding hydrogens is 396 g/mol. The van der Waals surface area contributed by atoms with Crippen molar-refractivity contribution in [1.82, 2.24) is 0 Å². The maximum absolute atomic E-state index is 13.8. The van der Waals surface area contributed by atoms with Gasteiger partial charge in [0.2, 0.25) is 0 Å². The predicted octanol–water partition coefficient (Wildman–Crippen LogP) is 6.67. The number of methoxy groups -OCH3 is 1. The number of esters is 1. The minimum atomic E-state index is -0.385. The molecule has 0 aromatic carbocycles. The Morgan fingerprint density at radius 2 is 1.81 bits per heavy atom. The maximum atomic E-state index is 13.8. The number of hydrogen-bond donors (Lipinski definition) is 0. The number of carbonyl (C=O) groups excluding carboxylic acids is 2. The van der Waals surface area contributed by atoms with Crippen LogP contribution in [0.1, 0.15) is 92.4 Å². The molecule has 0 saturated heterocycles. The molecule has 3 heteroatoms. The number of rotatable bonds is 2. The lowest BCUT2D eigenvalue weighted by atomic mass is 9.45. The highest BCUT2D eigenvalue weighted by Crippen LogP contribution is 2.66. The number of ether oxygens (including phenoxy) is 1. The summed E-state index contributed by atoms with van der Waals surface area (Å²) >= 11 is 0. The maximum Gasteiger partial charge on any atom is 0.311 e. The van der Waals surface area contributed by atoms with E-state index in [2.05, 4.69) is 40.7 Å². The Morgan fingerprint density at radius 1 is 1.06 bits per heavy atom. The van der Waals surface area contributed by atoms with Gasteiger partial charge in [0, 0.05) is 5.92 Å². The summed E-state index contributed by atoms with van der Waals surface area (Å²) in [6, 6.07) is 0. The van der Waals surface area contributed by atoms with Crippen LogP contribution in [0.5, 0.6) is 0 Å². The molecule has 0 heterocycles. The lowest BCUT2D eigenvalue weighted by Gasteiger charge is -2.58. The second kappa shape index (κ2) is 7.31. The zero-order valence-electron chi connectivity index (χ0n) is 21.1. The molecule has 0 spiro atoms. The largest absolute Gasteiger partial charge is 0.469 e. The van der Waals surface area contributed by atoms with E-state index >= 15 is 0 Å². The van der Waals surface area contributed by atoms with Crippen molar-refractivity contribution in [3.63, 3.8) is 0 Å². The molecule has 3 fully saturated rings. The van der Waals surface area contributed by atoms with Gasteiger partial charge in [-0.15, -0.1) is 0 Å². The molecule has 3 saturated carbocycles. The van der Waals surface area contributed by atoms with Crippen LogP contribution in [0.4, 0.5) is 0 Å². The van der Waals surface area contributed by atoms with Crippen LogP contribution in [0.25, 0.3) is 0 Å². The molecule has 0 amide bonds. The molecule has 176 valence electrons. The summed E-state index contributed by atoms with van der Waals surface area (Å²) in [6.45, 7) is 11.5. The quantitative estimate of drug-likeness (QED) is 0.357. The standard InChI is InChI=1S/C29H42O3/c1-17(2)18-10-14-29(5)23(18)8-7-20-19-9-12-27(3)16-28(4,26(31)32-6)13-11-22(27)21(19)15-24(30)25(20)29/h15,17,19-20,22,25H,7-14,16H2,1-6H3/t19-,20-,22-,25?,27-,28-,29-/m0/s1. The topological polar surface area (TPSA) is 43.4 Å². The van der Waals surface area contributed by atoms with Gasteiger partial charge in [0.15, 0.2) is 5.78 Å². The molecule has 0 N–H and O–H groups in total. The third-order valence-corrected chi connectivity index (χ3v) is 10.8. The van der Waals surface area contributed by atoms with Crippen LogP contribution >= 0.6 is 0 Å². The Kier molecular flexibility index (Phi) is 5.12. The van der Waals surface area contributed by atoms with E-state index in [9.17, 15) is 9.59 Å². The molecular formula is C29H42O3. The first-order valence-corrected chi connectivity index (χ1v) is 13.1. The van der Waals surface area contributed by atoms with Gasteiger partial charge in [-0.1, -0.05) is 44.4 Å². The molecule has 0 aliphatic heterocycles. The second-order valence-corrected chi connectivity index (χ2v) is 12.9. The van der Waals surface area contributed by atoms with Crippen LogP contribution < -0.4 is 0 Å². The van der Waals surface area contributed by atoms with Gasteiger partial charge >= 0.3 is 5.97 Å². The Morgan fingerprint density at radius 3 is 2.50 bits per heavy atom. The predicted molar refractivity (Wildman–Crippen MR) is 127 cm³/mol. The van der Waals surface area contributed by atoms with E-state index < -0.39 is 0 Å². The van der Waals surface area contributed by atoms with Gasteiger partial charge in [-0.2, -0.15) is 0 Å². The molecule has 0 radical (unpaired) electrons. The highest BCUT2D eigenvalue weighted by atomic mass is 16.5. The fourth-order valence-electron chi connectivity index (χ4n) is 9.40. The van der Waals surface area contributed by atoms with E-state index in [0.717, 1.165) is 25.7 Å². The van der Waals surface area contributed by atoms with E-state index in [0.29, 0.717) is 29.5 Å². The van der Waals surface area contributed by atoms with Gasteiger partial charge in [0.05, 0.1) is 12.5 Å². The number of fused-ring (bicyclic) bond motifs is 7. The third-order valence-electron chi connectivity index (χ3n) is 10.8. The van der Waals surface area contributed by atoms with Crippen molar-refractivity contribution in [2.75, 3.05) is 7.11 Å². The van der Waals surface area contributed by atoms with Crippen molar-refractivity contribution >= 4 is 11.8 Å².